The van der Waals surface area contributed by atoms with Crippen LogP contribution < -0.4 is 5.32 Å². The molecule has 4 heteroatoms. The molecule has 2 rings (SSSR count). The average molecular weight is 317 g/mol. The van der Waals surface area contributed by atoms with Crippen molar-refractivity contribution in [2.75, 3.05) is 26.7 Å². The Kier molecular flexibility index (Phi) is 9.34. The molecule has 0 aromatic rings. The van der Waals surface area contributed by atoms with E-state index in [0.717, 1.165) is 38.4 Å². The predicted octanol–water partition coefficient (Wildman–Crippen LogP) is 3.62. The molecule has 0 spiro atoms. The van der Waals surface area contributed by atoms with Gasteiger partial charge in [-0.3, -0.25) is 4.79 Å². The van der Waals surface area contributed by atoms with E-state index < -0.39 is 0 Å². The molecule has 1 aliphatic heterocycles. The molecule has 1 amide bonds. The summed E-state index contributed by atoms with van der Waals surface area (Å²) in [7, 11) is 2.00. The van der Waals surface area contributed by atoms with Gasteiger partial charge in [-0.1, -0.05) is 32.1 Å². The van der Waals surface area contributed by atoms with Crippen LogP contribution in [0.3, 0.4) is 0 Å². The molecule has 2 fully saturated rings. The summed E-state index contributed by atoms with van der Waals surface area (Å²) in [5.41, 5.74) is 0. The van der Waals surface area contributed by atoms with Gasteiger partial charge in [0.2, 0.25) is 5.91 Å². The second-order valence-electron chi connectivity index (χ2n) is 6.80. The van der Waals surface area contributed by atoms with E-state index in [0.29, 0.717) is 11.8 Å². The zero-order valence-electron chi connectivity index (χ0n) is 13.6. The molecule has 124 valence electrons. The number of likely N-dealkylation sites (tertiary alicyclic amines) is 1. The van der Waals surface area contributed by atoms with Crippen LogP contribution in [0.4, 0.5) is 0 Å². The molecular weight excluding hydrogens is 284 g/mol. The number of rotatable bonds is 6. The summed E-state index contributed by atoms with van der Waals surface area (Å²) in [6.45, 7) is 3.01. The minimum absolute atomic E-state index is 0. The zero-order chi connectivity index (χ0) is 14.2. The monoisotopic (exact) mass is 316 g/mol. The minimum Gasteiger partial charge on any atom is -0.342 e. The van der Waals surface area contributed by atoms with Crippen molar-refractivity contribution < 1.29 is 4.79 Å². The first-order chi connectivity index (χ1) is 9.79. The molecule has 1 unspecified atom stereocenters. The number of hydrogen-bond donors (Lipinski definition) is 1. The number of nitrogens with one attached hydrogen (secondary N) is 1. The molecule has 0 bridgehead atoms. The van der Waals surface area contributed by atoms with E-state index in [-0.39, 0.29) is 12.4 Å². The summed E-state index contributed by atoms with van der Waals surface area (Å²) in [4.78, 5) is 14.4. The van der Waals surface area contributed by atoms with E-state index in [1.807, 2.05) is 7.05 Å². The molecule has 0 aromatic heterocycles. The Morgan fingerprint density at radius 3 is 2.52 bits per heavy atom. The maximum Gasteiger partial charge on any atom is 0.222 e. The van der Waals surface area contributed by atoms with Crippen LogP contribution in [0.5, 0.6) is 0 Å². The van der Waals surface area contributed by atoms with Gasteiger partial charge in [-0.05, 0) is 51.1 Å². The lowest BCUT2D eigenvalue weighted by Gasteiger charge is -2.33. The highest BCUT2D eigenvalue weighted by Crippen LogP contribution is 2.28. The molecule has 1 saturated carbocycles. The van der Waals surface area contributed by atoms with Crippen LogP contribution in [0.1, 0.15) is 64.2 Å². The van der Waals surface area contributed by atoms with Crippen molar-refractivity contribution >= 4 is 18.3 Å². The number of nitrogens with zero attached hydrogens (tertiary/aromatic N) is 1. The highest BCUT2D eigenvalue weighted by Gasteiger charge is 2.23. The molecule has 1 atom stereocenters. The Labute approximate surface area is 136 Å². The predicted molar refractivity (Wildman–Crippen MR) is 90.9 cm³/mol. The van der Waals surface area contributed by atoms with Crippen molar-refractivity contribution in [2.24, 2.45) is 11.8 Å². The second-order valence-corrected chi connectivity index (χ2v) is 6.80. The second kappa shape index (κ2) is 10.4. The smallest absolute Gasteiger partial charge is 0.222 e. The molecule has 0 radical (unpaired) electrons. The standard InChI is InChI=1S/C17H32N2O.ClH/c1-18-13-16-10-6-12-19(14-16)17(20)11-5-9-15-7-3-2-4-8-15;/h15-16,18H,2-14H2,1H3;1H. The van der Waals surface area contributed by atoms with Crippen LogP contribution in [0.25, 0.3) is 0 Å². The molecule has 1 aliphatic carbocycles. The van der Waals surface area contributed by atoms with Crippen molar-refractivity contribution in [1.82, 2.24) is 10.2 Å². The summed E-state index contributed by atoms with van der Waals surface area (Å²) >= 11 is 0. The number of hydrogen-bond acceptors (Lipinski definition) is 2. The quantitative estimate of drug-likeness (QED) is 0.811. The summed E-state index contributed by atoms with van der Waals surface area (Å²) < 4.78 is 0. The van der Waals surface area contributed by atoms with Crippen LogP contribution in [0, 0.1) is 11.8 Å². The summed E-state index contributed by atoms with van der Waals surface area (Å²) in [5.74, 6) is 1.98. The van der Waals surface area contributed by atoms with Gasteiger partial charge < -0.3 is 10.2 Å². The SMILES string of the molecule is CNCC1CCCN(C(=O)CCCC2CCCCC2)C1.Cl. The van der Waals surface area contributed by atoms with Crippen LogP contribution in [-0.2, 0) is 4.79 Å². The molecule has 2 aliphatic rings. The average Bonchev–Trinajstić information content (AvgIpc) is 2.49. The summed E-state index contributed by atoms with van der Waals surface area (Å²) in [6, 6.07) is 0. The van der Waals surface area contributed by atoms with Crippen LogP contribution >= 0.6 is 12.4 Å². The van der Waals surface area contributed by atoms with Crippen molar-refractivity contribution in [3.63, 3.8) is 0 Å². The lowest BCUT2D eigenvalue weighted by atomic mass is 9.86. The molecular formula is C17H33ClN2O. The number of amides is 1. The Balaban J connectivity index is 0.00000220. The molecule has 21 heavy (non-hydrogen) atoms. The zero-order valence-corrected chi connectivity index (χ0v) is 14.4. The molecule has 1 heterocycles. The topological polar surface area (TPSA) is 32.3 Å². The fourth-order valence-electron chi connectivity index (χ4n) is 3.92. The van der Waals surface area contributed by atoms with Crippen molar-refractivity contribution in [2.45, 2.75) is 64.2 Å². The summed E-state index contributed by atoms with van der Waals surface area (Å²) in [5, 5.41) is 3.25. The van der Waals surface area contributed by atoms with Crippen LogP contribution in [-0.4, -0.2) is 37.5 Å². The van der Waals surface area contributed by atoms with Gasteiger partial charge in [-0.2, -0.15) is 0 Å². The highest BCUT2D eigenvalue weighted by atomic mass is 35.5. The van der Waals surface area contributed by atoms with Gasteiger partial charge in [0.05, 0.1) is 0 Å². The van der Waals surface area contributed by atoms with E-state index in [9.17, 15) is 4.79 Å². The normalized spacial score (nSPS) is 23.7. The van der Waals surface area contributed by atoms with Gasteiger partial charge >= 0.3 is 0 Å². The van der Waals surface area contributed by atoms with Crippen molar-refractivity contribution in [3.05, 3.63) is 0 Å². The van der Waals surface area contributed by atoms with E-state index in [4.69, 9.17) is 0 Å². The Morgan fingerprint density at radius 1 is 1.10 bits per heavy atom. The number of halogens is 1. The number of carbonyl (C=O) groups excluding carboxylic acids is 1. The maximum absolute atomic E-state index is 12.3. The Morgan fingerprint density at radius 2 is 1.81 bits per heavy atom. The largest absolute Gasteiger partial charge is 0.342 e. The third-order valence-electron chi connectivity index (χ3n) is 5.09. The highest BCUT2D eigenvalue weighted by molar-refractivity contribution is 5.85. The molecule has 3 nitrogen and oxygen atoms in total. The fourth-order valence-corrected chi connectivity index (χ4v) is 3.92. The minimum atomic E-state index is 0. The van der Waals surface area contributed by atoms with Crippen molar-refractivity contribution in [1.29, 1.82) is 0 Å². The van der Waals surface area contributed by atoms with Gasteiger partial charge in [0, 0.05) is 19.5 Å². The van der Waals surface area contributed by atoms with Gasteiger partial charge in [0.15, 0.2) is 0 Å². The third-order valence-corrected chi connectivity index (χ3v) is 5.09. The summed E-state index contributed by atoms with van der Waals surface area (Å²) in [6.07, 6.45) is 12.7. The van der Waals surface area contributed by atoms with Gasteiger partial charge in [-0.25, -0.2) is 0 Å². The van der Waals surface area contributed by atoms with E-state index in [1.54, 1.807) is 0 Å². The first-order valence-electron chi connectivity index (χ1n) is 8.72. The van der Waals surface area contributed by atoms with Gasteiger partial charge in [-0.15, -0.1) is 12.4 Å². The fraction of sp³-hybridized carbons (Fsp3) is 0.941. The van der Waals surface area contributed by atoms with Gasteiger partial charge in [0.1, 0.15) is 0 Å². The van der Waals surface area contributed by atoms with E-state index in [1.165, 1.54) is 51.4 Å². The van der Waals surface area contributed by atoms with Crippen LogP contribution in [0.2, 0.25) is 0 Å². The number of carbonyl (C=O) groups is 1. The van der Waals surface area contributed by atoms with E-state index >= 15 is 0 Å². The van der Waals surface area contributed by atoms with Gasteiger partial charge in [0.25, 0.3) is 0 Å². The maximum atomic E-state index is 12.3. The first-order valence-corrected chi connectivity index (χ1v) is 8.72. The van der Waals surface area contributed by atoms with Crippen LogP contribution in [0.15, 0.2) is 0 Å². The molecule has 0 aromatic carbocycles. The lowest BCUT2D eigenvalue weighted by Crippen LogP contribution is -2.42. The number of piperidine rings is 1. The Bertz CT molecular complexity index is 291. The Hall–Kier alpha value is -0.280. The molecule has 1 saturated heterocycles. The first kappa shape index (κ1) is 18.8. The lowest BCUT2D eigenvalue weighted by molar-refractivity contribution is -0.133. The third kappa shape index (κ3) is 6.56. The van der Waals surface area contributed by atoms with E-state index in [2.05, 4.69) is 10.2 Å². The molecule has 1 N–H and O–H groups in total. The van der Waals surface area contributed by atoms with Crippen molar-refractivity contribution in [3.8, 4) is 0 Å².